The van der Waals surface area contributed by atoms with Crippen molar-refractivity contribution in [1.29, 1.82) is 0 Å². The van der Waals surface area contributed by atoms with Gasteiger partial charge in [-0.1, -0.05) is 47.5 Å². The summed E-state index contributed by atoms with van der Waals surface area (Å²) in [6.45, 7) is 5.10. The van der Waals surface area contributed by atoms with Crippen LogP contribution < -0.4 is 18.9 Å². The van der Waals surface area contributed by atoms with Crippen LogP contribution in [0.15, 0.2) is 72.8 Å². The Labute approximate surface area is 511 Å². The van der Waals surface area contributed by atoms with E-state index in [1.54, 1.807) is 84.3 Å². The molecule has 6 atom stereocenters. The molecule has 4 aliphatic rings. The molecule has 6 aromatic rings. The van der Waals surface area contributed by atoms with E-state index in [1.807, 2.05) is 0 Å². The number of halogens is 8. The van der Waals surface area contributed by atoms with Crippen LogP contribution in [-0.4, -0.2) is 131 Å². The Hall–Kier alpha value is -6.96. The summed E-state index contributed by atoms with van der Waals surface area (Å²) < 4.78 is 107. The van der Waals surface area contributed by atoms with Gasteiger partial charge in [-0.3, -0.25) is 28.3 Å². The zero-order chi connectivity index (χ0) is 61.8. The predicted molar refractivity (Wildman–Crippen MR) is 304 cm³/mol. The second-order valence-electron chi connectivity index (χ2n) is 20.3. The second kappa shape index (κ2) is 27.0. The molecule has 0 saturated carbocycles. The molecule has 0 spiro atoms. The van der Waals surface area contributed by atoms with E-state index >= 15 is 0 Å². The molecule has 86 heavy (non-hydrogen) atoms. The van der Waals surface area contributed by atoms with Gasteiger partial charge in [0, 0.05) is 58.5 Å². The maximum Gasteiger partial charge on any atom is 0.382 e. The molecule has 4 aromatic carbocycles. The zero-order valence-corrected chi connectivity index (χ0v) is 50.4. The molecular weight excluding hydrogens is 1220 g/mol. The SMILES string of the molecule is CCOC(=O)[C@H]1CCCN(C(=O)C[C@@H]2O[C@@H](c3cccc(OC)c3OC)c3cc(Cl)ccc3-n3c2nnc3C(F)(F)Cl)C1.CCOC(=O)[C@H]1CCCN(C(=O)C[C@H]2O[C@H](c3cccc(OC)c3OC)c3cc(Cl)ccc3-n3c2nnc3C(F)(F)Cl)C1. The fourth-order valence-electron chi connectivity index (χ4n) is 11.2. The van der Waals surface area contributed by atoms with Crippen molar-refractivity contribution in [2.75, 3.05) is 67.8 Å². The van der Waals surface area contributed by atoms with Crippen molar-refractivity contribution in [3.05, 3.63) is 128 Å². The largest absolute Gasteiger partial charge is 0.493 e. The molecule has 2 amide bonds. The highest BCUT2D eigenvalue weighted by molar-refractivity contribution is 6.31. The molecule has 2 saturated heterocycles. The Balaban J connectivity index is 0.000000205. The summed E-state index contributed by atoms with van der Waals surface area (Å²) in [6.07, 6.45) is -2.44. The smallest absolute Gasteiger partial charge is 0.382 e. The number of likely N-dealkylation sites (tertiary alicyclic amines) is 2. The minimum atomic E-state index is -3.90. The minimum Gasteiger partial charge on any atom is -0.493 e. The van der Waals surface area contributed by atoms with Crippen molar-refractivity contribution < 1.29 is 74.6 Å². The van der Waals surface area contributed by atoms with Crippen LogP contribution in [0.4, 0.5) is 17.6 Å². The number of alkyl halides is 6. The van der Waals surface area contributed by atoms with Gasteiger partial charge < -0.3 is 47.7 Å². The summed E-state index contributed by atoms with van der Waals surface area (Å²) in [5.41, 5.74) is 2.26. The topological polar surface area (TPSA) is 210 Å². The van der Waals surface area contributed by atoms with Gasteiger partial charge in [0.1, 0.15) is 24.4 Å². The van der Waals surface area contributed by atoms with E-state index in [1.165, 1.54) is 40.6 Å². The number of carbonyl (C=O) groups excluding carboxylic acids is 4. The van der Waals surface area contributed by atoms with Crippen LogP contribution in [0.25, 0.3) is 11.4 Å². The van der Waals surface area contributed by atoms with E-state index in [0.29, 0.717) is 94.1 Å². The third-order valence-corrected chi connectivity index (χ3v) is 15.8. The quantitative estimate of drug-likeness (QED) is 0.0501. The number of nitrogens with zero attached hydrogens (tertiary/aromatic N) is 8. The highest BCUT2D eigenvalue weighted by Crippen LogP contribution is 2.50. The number of aromatic nitrogens is 6. The lowest BCUT2D eigenvalue weighted by molar-refractivity contribution is -0.153. The first-order valence-corrected chi connectivity index (χ1v) is 28.9. The van der Waals surface area contributed by atoms with Crippen molar-refractivity contribution in [1.82, 2.24) is 39.3 Å². The van der Waals surface area contributed by atoms with Crippen molar-refractivity contribution in [2.45, 2.75) is 87.6 Å². The molecule has 0 aliphatic carbocycles. The first-order valence-electron chi connectivity index (χ1n) is 27.4. The fraction of sp³-hybridized carbons (Fsp3) is 0.448. The third-order valence-electron chi connectivity index (χ3n) is 15.0. The second-order valence-corrected chi connectivity index (χ2v) is 22.1. The van der Waals surface area contributed by atoms with Crippen LogP contribution in [0.2, 0.25) is 10.0 Å². The van der Waals surface area contributed by atoms with Crippen LogP contribution in [0.5, 0.6) is 23.0 Å². The number of amides is 2. The molecule has 10 rings (SSSR count). The maximum atomic E-state index is 14.7. The lowest BCUT2D eigenvalue weighted by Gasteiger charge is -2.32. The highest BCUT2D eigenvalue weighted by Gasteiger charge is 2.46. The van der Waals surface area contributed by atoms with Crippen LogP contribution >= 0.6 is 46.4 Å². The normalized spacial score (nSPS) is 20.1. The number of fused-ring (bicyclic) bond motifs is 6. The maximum absolute atomic E-state index is 14.7. The van der Waals surface area contributed by atoms with Gasteiger partial charge in [0.15, 0.2) is 34.6 Å². The molecule has 20 nitrogen and oxygen atoms in total. The van der Waals surface area contributed by atoms with Gasteiger partial charge in [-0.05, 0) is 111 Å². The van der Waals surface area contributed by atoms with Crippen molar-refractivity contribution in [3.8, 4) is 34.4 Å². The average Bonchev–Trinajstić information content (AvgIpc) is 2.25. The Morgan fingerprint density at radius 2 is 0.965 bits per heavy atom. The summed E-state index contributed by atoms with van der Waals surface area (Å²) in [4.78, 5) is 55.3. The summed E-state index contributed by atoms with van der Waals surface area (Å²) in [6, 6.07) is 19.7. The predicted octanol–water partition coefficient (Wildman–Crippen LogP) is 11.2. The number of ether oxygens (including phenoxy) is 8. The Morgan fingerprint density at radius 3 is 1.31 bits per heavy atom. The number of para-hydroxylation sites is 2. The standard InChI is InChI=1S/2C29H30Cl2F2N4O6/c2*1-4-42-27(39)16-7-6-12-36(15-16)23(38)14-22-26-34-35-28(29(31,32)33)37(26)20-11-10-17(30)13-19(20)24(43-22)18-8-5-9-21(40-2)25(18)41-3/h2*5,8-11,13,16,22,24H,4,6-7,12,14-15H2,1-3H3/t16-,22+,24+;16-,22-,24-/m00/s1. The van der Waals surface area contributed by atoms with Gasteiger partial charge in [-0.15, -0.1) is 20.4 Å². The number of benzene rings is 4. The number of methoxy groups -OCH3 is 4. The molecule has 4 aliphatic heterocycles. The lowest BCUT2D eigenvalue weighted by Crippen LogP contribution is -2.43. The Kier molecular flexibility index (Phi) is 19.9. The van der Waals surface area contributed by atoms with Gasteiger partial charge in [-0.2, -0.15) is 17.6 Å². The molecule has 0 unspecified atom stereocenters. The first kappa shape index (κ1) is 63.5. The van der Waals surface area contributed by atoms with Crippen molar-refractivity contribution in [3.63, 3.8) is 0 Å². The van der Waals surface area contributed by atoms with Crippen LogP contribution in [0.1, 0.15) is 122 Å². The molecule has 2 fully saturated rings. The van der Waals surface area contributed by atoms with E-state index < -0.39 is 58.7 Å². The number of hydrogen-bond donors (Lipinski definition) is 0. The van der Waals surface area contributed by atoms with Gasteiger partial charge >= 0.3 is 22.7 Å². The van der Waals surface area contributed by atoms with E-state index in [4.69, 9.17) is 84.3 Å². The Morgan fingerprint density at radius 1 is 0.570 bits per heavy atom. The summed E-state index contributed by atoms with van der Waals surface area (Å²) in [5.74, 6) is -2.61. The van der Waals surface area contributed by atoms with Gasteiger partial charge in [0.05, 0.1) is 77.7 Å². The number of esters is 2. The number of piperidine rings is 2. The van der Waals surface area contributed by atoms with E-state index in [-0.39, 0.29) is 85.9 Å². The average molecular weight is 1280 g/mol. The molecule has 28 heteroatoms. The molecule has 460 valence electrons. The highest BCUT2D eigenvalue weighted by atomic mass is 35.5. The number of carbonyl (C=O) groups is 4. The number of hydrogen-bond acceptors (Lipinski definition) is 16. The van der Waals surface area contributed by atoms with Crippen molar-refractivity contribution in [2.24, 2.45) is 11.8 Å². The van der Waals surface area contributed by atoms with E-state index in [9.17, 15) is 36.7 Å². The van der Waals surface area contributed by atoms with Gasteiger partial charge in [0.2, 0.25) is 23.5 Å². The minimum absolute atomic E-state index is 0.0458. The molecular formula is C58H60Cl4F4N8O12. The zero-order valence-electron chi connectivity index (χ0n) is 47.4. The lowest BCUT2D eigenvalue weighted by atomic mass is 9.97. The Bertz CT molecular complexity index is 3250. The van der Waals surface area contributed by atoms with Crippen LogP contribution in [0, 0.1) is 11.8 Å². The van der Waals surface area contributed by atoms with E-state index in [0.717, 1.165) is 9.13 Å². The van der Waals surface area contributed by atoms with Crippen LogP contribution in [0.3, 0.4) is 0 Å². The van der Waals surface area contributed by atoms with E-state index in [2.05, 4.69) is 20.4 Å². The monoisotopic (exact) mass is 1280 g/mol. The number of rotatable bonds is 16. The molecule has 0 bridgehead atoms. The summed E-state index contributed by atoms with van der Waals surface area (Å²) in [5, 5.41) is 8.33. The van der Waals surface area contributed by atoms with Crippen molar-refractivity contribution >= 4 is 70.2 Å². The molecule has 2 aromatic heterocycles. The molecule has 0 N–H and O–H groups in total. The van der Waals surface area contributed by atoms with Gasteiger partial charge in [0.25, 0.3) is 0 Å². The van der Waals surface area contributed by atoms with Gasteiger partial charge in [-0.25, -0.2) is 0 Å². The summed E-state index contributed by atoms with van der Waals surface area (Å²) in [7, 11) is 5.91. The molecule has 0 radical (unpaired) electrons. The summed E-state index contributed by atoms with van der Waals surface area (Å²) >= 11 is 23.8. The fourth-order valence-corrected chi connectivity index (χ4v) is 11.8. The first-order chi connectivity index (χ1) is 41.1. The van der Waals surface area contributed by atoms with Crippen LogP contribution in [-0.2, 0) is 48.9 Å². The molecule has 6 heterocycles. The third kappa shape index (κ3) is 13.3.